The van der Waals surface area contributed by atoms with E-state index in [0.29, 0.717) is 17.9 Å². The van der Waals surface area contributed by atoms with Crippen molar-refractivity contribution >= 4 is 22.9 Å². The largest absolute Gasteiger partial charge is 0.487 e. The van der Waals surface area contributed by atoms with Crippen LogP contribution in [0.15, 0.2) is 60.0 Å². The molecule has 0 bridgehead atoms. The van der Waals surface area contributed by atoms with Crippen molar-refractivity contribution in [2.45, 2.75) is 13.5 Å². The number of aryl methyl sites for hydroxylation is 1. The summed E-state index contributed by atoms with van der Waals surface area (Å²) >= 11 is 1.60. The number of hydrogen-bond acceptors (Lipinski definition) is 5. The second kappa shape index (κ2) is 7.81. The Hall–Kier alpha value is -2.86. The van der Waals surface area contributed by atoms with E-state index in [1.54, 1.807) is 47.7 Å². The molecule has 0 aliphatic heterocycles. The van der Waals surface area contributed by atoms with Gasteiger partial charge < -0.3 is 4.74 Å². The normalized spacial score (nSPS) is 10.3. The van der Waals surface area contributed by atoms with Gasteiger partial charge in [0.15, 0.2) is 0 Å². The fourth-order valence-corrected chi connectivity index (χ4v) is 2.86. The van der Waals surface area contributed by atoms with Crippen LogP contribution < -0.4 is 15.2 Å². The molecule has 0 fully saturated rings. The molecule has 0 saturated heterocycles. The fourth-order valence-electron chi connectivity index (χ4n) is 2.27. The average Bonchev–Trinajstić information content (AvgIpc) is 3.06. The Bertz CT molecular complexity index is 831. The Kier molecular flexibility index (Phi) is 5.30. The van der Waals surface area contributed by atoms with Gasteiger partial charge in [-0.15, -0.1) is 11.3 Å². The number of anilines is 1. The van der Waals surface area contributed by atoms with Crippen molar-refractivity contribution in [3.8, 4) is 5.75 Å². The second-order valence-corrected chi connectivity index (χ2v) is 6.57. The highest BCUT2D eigenvalue weighted by atomic mass is 32.1. The molecule has 1 amide bonds. The number of nitrogens with one attached hydrogen (secondary N) is 1. The van der Waals surface area contributed by atoms with Gasteiger partial charge in [0.25, 0.3) is 5.91 Å². The van der Waals surface area contributed by atoms with E-state index in [-0.39, 0.29) is 5.91 Å². The molecule has 0 saturated carbocycles. The van der Waals surface area contributed by atoms with E-state index in [0.717, 1.165) is 16.4 Å². The molecule has 0 unspecified atom stereocenters. The lowest BCUT2D eigenvalue weighted by Crippen LogP contribution is -2.39. The van der Waals surface area contributed by atoms with Gasteiger partial charge in [-0.2, -0.15) is 0 Å². The number of thiazole rings is 1. The number of para-hydroxylation sites is 1. The summed E-state index contributed by atoms with van der Waals surface area (Å²) in [7, 11) is 1.81. The van der Waals surface area contributed by atoms with Crippen LogP contribution in [0.4, 0.5) is 5.69 Å². The highest BCUT2D eigenvalue weighted by Gasteiger charge is 2.09. The zero-order chi connectivity index (χ0) is 17.6. The lowest BCUT2D eigenvalue weighted by atomic mass is 10.2. The Morgan fingerprint density at radius 3 is 2.52 bits per heavy atom. The van der Waals surface area contributed by atoms with Crippen molar-refractivity contribution < 1.29 is 9.53 Å². The first kappa shape index (κ1) is 17.0. The van der Waals surface area contributed by atoms with Gasteiger partial charge in [0.2, 0.25) is 0 Å². The molecule has 128 valence electrons. The molecule has 3 rings (SSSR count). The summed E-state index contributed by atoms with van der Waals surface area (Å²) in [5, 5.41) is 4.70. The Morgan fingerprint density at radius 1 is 1.16 bits per heavy atom. The van der Waals surface area contributed by atoms with Crippen LogP contribution in [0, 0.1) is 6.92 Å². The summed E-state index contributed by atoms with van der Waals surface area (Å²) in [5.74, 6) is 0.534. The number of nitrogens with zero attached hydrogens (tertiary/aromatic N) is 2. The molecule has 0 aliphatic rings. The van der Waals surface area contributed by atoms with E-state index in [2.05, 4.69) is 10.4 Å². The van der Waals surface area contributed by atoms with E-state index in [4.69, 9.17) is 4.74 Å². The van der Waals surface area contributed by atoms with Crippen molar-refractivity contribution in [2.75, 3.05) is 12.1 Å². The first-order valence-electron chi connectivity index (χ1n) is 7.85. The van der Waals surface area contributed by atoms with Crippen LogP contribution >= 0.6 is 11.3 Å². The number of aromatic nitrogens is 1. The van der Waals surface area contributed by atoms with Gasteiger partial charge in [-0.25, -0.2) is 4.98 Å². The van der Waals surface area contributed by atoms with Crippen LogP contribution in [0.25, 0.3) is 0 Å². The first-order chi connectivity index (χ1) is 12.1. The fraction of sp³-hybridized carbons (Fsp3) is 0.158. The molecule has 1 N–H and O–H groups in total. The zero-order valence-electron chi connectivity index (χ0n) is 14.1. The predicted octanol–water partition coefficient (Wildman–Crippen LogP) is 3.81. The number of hydrogen-bond donors (Lipinski definition) is 1. The molecule has 0 spiro atoms. The number of hydrazine groups is 1. The minimum absolute atomic E-state index is 0.173. The van der Waals surface area contributed by atoms with Crippen molar-refractivity contribution in [3.63, 3.8) is 0 Å². The van der Waals surface area contributed by atoms with E-state index in [1.165, 1.54) is 0 Å². The SMILES string of the molecule is Cc1nc(COc2ccc(C(=O)NN(C)c3ccccc3)cc2)cs1. The van der Waals surface area contributed by atoms with Crippen LogP contribution in [0.3, 0.4) is 0 Å². The lowest BCUT2D eigenvalue weighted by Gasteiger charge is -2.20. The maximum absolute atomic E-state index is 12.3. The minimum Gasteiger partial charge on any atom is -0.487 e. The maximum Gasteiger partial charge on any atom is 0.269 e. The Morgan fingerprint density at radius 2 is 1.88 bits per heavy atom. The van der Waals surface area contributed by atoms with Crippen molar-refractivity contribution in [3.05, 3.63) is 76.2 Å². The van der Waals surface area contributed by atoms with E-state index >= 15 is 0 Å². The average molecular weight is 353 g/mol. The molecule has 1 heterocycles. The monoisotopic (exact) mass is 353 g/mol. The molecule has 0 aliphatic carbocycles. The van der Waals surface area contributed by atoms with Crippen LogP contribution in [0.1, 0.15) is 21.1 Å². The van der Waals surface area contributed by atoms with Crippen molar-refractivity contribution in [1.29, 1.82) is 0 Å². The van der Waals surface area contributed by atoms with E-state index in [1.807, 2.05) is 42.6 Å². The Labute approximate surface area is 150 Å². The topological polar surface area (TPSA) is 54.5 Å². The molecule has 3 aromatic rings. The molecule has 0 radical (unpaired) electrons. The summed E-state index contributed by atoms with van der Waals surface area (Å²) in [6.45, 7) is 2.39. The molecule has 6 heteroatoms. The third-order valence-electron chi connectivity index (χ3n) is 3.58. The van der Waals surface area contributed by atoms with Crippen LogP contribution in [0.5, 0.6) is 5.75 Å². The third kappa shape index (κ3) is 4.58. The van der Waals surface area contributed by atoms with Crippen LogP contribution in [-0.4, -0.2) is 17.9 Å². The minimum atomic E-state index is -0.173. The van der Waals surface area contributed by atoms with Crippen LogP contribution in [0.2, 0.25) is 0 Å². The standard InChI is InChI=1S/C19H19N3O2S/c1-14-20-16(13-25-14)12-24-18-10-8-15(9-11-18)19(23)21-22(2)17-6-4-3-5-7-17/h3-11,13H,12H2,1-2H3,(H,21,23). The smallest absolute Gasteiger partial charge is 0.269 e. The van der Waals surface area contributed by atoms with Crippen LogP contribution in [-0.2, 0) is 6.61 Å². The van der Waals surface area contributed by atoms with Crippen molar-refractivity contribution in [2.24, 2.45) is 0 Å². The summed E-state index contributed by atoms with van der Waals surface area (Å²) in [6, 6.07) is 16.7. The van der Waals surface area contributed by atoms with Gasteiger partial charge in [0.05, 0.1) is 16.4 Å². The quantitative estimate of drug-likeness (QED) is 0.685. The number of benzene rings is 2. The molecular formula is C19H19N3O2S. The first-order valence-corrected chi connectivity index (χ1v) is 8.73. The molecule has 25 heavy (non-hydrogen) atoms. The summed E-state index contributed by atoms with van der Waals surface area (Å²) in [6.07, 6.45) is 0. The van der Waals surface area contributed by atoms with Gasteiger partial charge in [0, 0.05) is 18.0 Å². The molecule has 0 atom stereocenters. The molecular weight excluding hydrogens is 334 g/mol. The summed E-state index contributed by atoms with van der Waals surface area (Å²) in [5.41, 5.74) is 5.23. The van der Waals surface area contributed by atoms with E-state index in [9.17, 15) is 4.79 Å². The second-order valence-electron chi connectivity index (χ2n) is 5.51. The Balaban J connectivity index is 1.57. The van der Waals surface area contributed by atoms with Gasteiger partial charge in [-0.3, -0.25) is 15.2 Å². The van der Waals surface area contributed by atoms with Crippen molar-refractivity contribution in [1.82, 2.24) is 10.4 Å². The number of carbonyl (C=O) groups is 1. The third-order valence-corrected chi connectivity index (χ3v) is 4.40. The predicted molar refractivity (Wildman–Crippen MR) is 99.9 cm³/mol. The highest BCUT2D eigenvalue weighted by Crippen LogP contribution is 2.16. The number of amides is 1. The summed E-state index contributed by atoms with van der Waals surface area (Å²) in [4.78, 5) is 16.7. The van der Waals surface area contributed by atoms with E-state index < -0.39 is 0 Å². The summed E-state index contributed by atoms with van der Waals surface area (Å²) < 4.78 is 5.69. The molecule has 2 aromatic carbocycles. The van der Waals surface area contributed by atoms with Gasteiger partial charge in [-0.05, 0) is 43.3 Å². The molecule has 1 aromatic heterocycles. The number of carbonyl (C=O) groups excluding carboxylic acids is 1. The number of ether oxygens (including phenoxy) is 1. The number of rotatable bonds is 6. The zero-order valence-corrected chi connectivity index (χ0v) is 14.9. The maximum atomic E-state index is 12.3. The van der Waals surface area contributed by atoms with Gasteiger partial charge in [0.1, 0.15) is 12.4 Å². The van der Waals surface area contributed by atoms with Gasteiger partial charge in [-0.1, -0.05) is 18.2 Å². The molecule has 5 nitrogen and oxygen atoms in total. The van der Waals surface area contributed by atoms with Gasteiger partial charge >= 0.3 is 0 Å². The lowest BCUT2D eigenvalue weighted by molar-refractivity contribution is 0.0951. The highest BCUT2D eigenvalue weighted by molar-refractivity contribution is 7.09.